The molecule has 3 aliphatic rings. The molecule has 0 saturated carbocycles. The first-order valence-corrected chi connectivity index (χ1v) is 14.8. The number of aromatic hydroxyl groups is 1. The topological polar surface area (TPSA) is 83.8 Å². The SMILES string of the molecule is Cc1c(F)ccc2cc(O)cc(-c3nc4c5c(nc(OC[C@@]67CCCN6C[C@H](F)C7)nc5c3F)N(C)[C@@H](C(C)C)CO4)c12. The molecule has 2 aromatic heterocycles. The van der Waals surface area contributed by atoms with Crippen molar-refractivity contribution in [2.75, 3.05) is 38.3 Å². The highest BCUT2D eigenvalue weighted by atomic mass is 19.1. The summed E-state index contributed by atoms with van der Waals surface area (Å²) in [6.07, 6.45) is 1.23. The summed E-state index contributed by atoms with van der Waals surface area (Å²) in [4.78, 5) is 18.0. The molecule has 2 fully saturated rings. The van der Waals surface area contributed by atoms with E-state index < -0.39 is 23.3 Å². The molecule has 43 heavy (non-hydrogen) atoms. The molecule has 5 heterocycles. The van der Waals surface area contributed by atoms with Gasteiger partial charge in [0.1, 0.15) is 53.4 Å². The van der Waals surface area contributed by atoms with Crippen molar-refractivity contribution in [1.29, 1.82) is 0 Å². The van der Waals surface area contributed by atoms with Gasteiger partial charge in [-0.05, 0) is 66.8 Å². The number of phenolic OH excluding ortho intramolecular Hbond substituents is 1. The molecule has 2 saturated heterocycles. The van der Waals surface area contributed by atoms with E-state index in [-0.39, 0.29) is 59.6 Å². The summed E-state index contributed by atoms with van der Waals surface area (Å²) < 4.78 is 58.3. The van der Waals surface area contributed by atoms with Crippen LogP contribution in [-0.2, 0) is 0 Å². The molecule has 0 amide bonds. The second-order valence-electron chi connectivity index (χ2n) is 12.5. The Kier molecular flexibility index (Phi) is 6.57. The third-order valence-electron chi connectivity index (χ3n) is 9.49. The van der Waals surface area contributed by atoms with Crippen LogP contribution < -0.4 is 14.4 Å². The molecular formula is C32H34F3N5O3. The fourth-order valence-electron chi connectivity index (χ4n) is 7.22. The molecular weight excluding hydrogens is 559 g/mol. The monoisotopic (exact) mass is 593 g/mol. The van der Waals surface area contributed by atoms with Crippen molar-refractivity contribution < 1.29 is 27.8 Å². The van der Waals surface area contributed by atoms with Crippen LogP contribution in [0.5, 0.6) is 17.6 Å². The number of ether oxygens (including phenoxy) is 2. The summed E-state index contributed by atoms with van der Waals surface area (Å²) in [6.45, 7) is 7.38. The van der Waals surface area contributed by atoms with Gasteiger partial charge in [0.25, 0.3) is 0 Å². The quantitative estimate of drug-likeness (QED) is 0.304. The molecule has 8 nitrogen and oxygen atoms in total. The maximum Gasteiger partial charge on any atom is 0.319 e. The summed E-state index contributed by atoms with van der Waals surface area (Å²) in [5, 5.41) is 11.8. The zero-order valence-corrected chi connectivity index (χ0v) is 24.6. The lowest BCUT2D eigenvalue weighted by Gasteiger charge is -2.31. The molecule has 3 atom stereocenters. The summed E-state index contributed by atoms with van der Waals surface area (Å²) in [5.74, 6) is -0.623. The van der Waals surface area contributed by atoms with Crippen LogP contribution in [0.15, 0.2) is 24.3 Å². The number of halogens is 3. The van der Waals surface area contributed by atoms with Gasteiger partial charge >= 0.3 is 6.01 Å². The van der Waals surface area contributed by atoms with Crippen LogP contribution in [0, 0.1) is 24.5 Å². The van der Waals surface area contributed by atoms with Crippen molar-refractivity contribution in [2.24, 2.45) is 5.92 Å². The van der Waals surface area contributed by atoms with Gasteiger partial charge in [0, 0.05) is 25.6 Å². The van der Waals surface area contributed by atoms with Crippen LogP contribution in [0.25, 0.3) is 32.9 Å². The zero-order valence-electron chi connectivity index (χ0n) is 24.6. The largest absolute Gasteiger partial charge is 0.508 e. The number of hydrogen-bond acceptors (Lipinski definition) is 8. The van der Waals surface area contributed by atoms with Gasteiger partial charge < -0.3 is 19.5 Å². The van der Waals surface area contributed by atoms with Gasteiger partial charge in [-0.1, -0.05) is 19.9 Å². The number of likely N-dealkylation sites (N-methyl/N-ethyl adjacent to an activating group) is 1. The van der Waals surface area contributed by atoms with Crippen LogP contribution >= 0.6 is 0 Å². The standard InChI is InChI=1S/C32H34F3N5O3/c1-16(2)23-14-42-30-25-28(26(35)27(36-30)21-11-20(41)10-18-6-7-22(34)17(3)24(18)21)37-31(38-29(25)39(23)4)43-15-32-8-5-9-40(32)13-19(33)12-32/h6-7,10-11,16,19,23,41H,5,8-9,12-15H2,1-4H3/t19-,23-,32+/m1/s1. The molecule has 0 aliphatic carbocycles. The summed E-state index contributed by atoms with van der Waals surface area (Å²) in [7, 11) is 1.87. The van der Waals surface area contributed by atoms with Gasteiger partial charge in [0.2, 0.25) is 5.88 Å². The van der Waals surface area contributed by atoms with Crippen molar-refractivity contribution in [2.45, 2.75) is 57.8 Å². The minimum atomic E-state index is -0.916. The van der Waals surface area contributed by atoms with E-state index in [1.54, 1.807) is 6.92 Å². The third-order valence-corrected chi connectivity index (χ3v) is 9.49. The molecule has 0 bridgehead atoms. The number of pyridine rings is 1. The second-order valence-corrected chi connectivity index (χ2v) is 12.5. The number of benzene rings is 2. The number of aromatic nitrogens is 3. The molecule has 4 aromatic rings. The minimum absolute atomic E-state index is 0.0210. The number of rotatable bonds is 5. The lowest BCUT2D eigenvalue weighted by Crippen LogP contribution is -2.43. The minimum Gasteiger partial charge on any atom is -0.508 e. The Morgan fingerprint density at radius 1 is 1.16 bits per heavy atom. The van der Waals surface area contributed by atoms with Crippen LogP contribution in [0.2, 0.25) is 0 Å². The maximum atomic E-state index is 16.8. The highest BCUT2D eigenvalue weighted by Gasteiger charge is 2.49. The fraction of sp³-hybridized carbons (Fsp3) is 0.469. The van der Waals surface area contributed by atoms with Gasteiger partial charge in [-0.25, -0.2) is 18.2 Å². The Labute approximate surface area is 247 Å². The van der Waals surface area contributed by atoms with Crippen molar-refractivity contribution in [3.63, 3.8) is 0 Å². The second kappa shape index (κ2) is 10.1. The number of nitrogens with zero attached hydrogens (tertiary/aromatic N) is 5. The fourth-order valence-corrected chi connectivity index (χ4v) is 7.22. The third kappa shape index (κ3) is 4.42. The molecule has 2 aromatic carbocycles. The molecule has 0 radical (unpaired) electrons. The molecule has 1 N–H and O–H groups in total. The Hall–Kier alpha value is -3.86. The van der Waals surface area contributed by atoms with Crippen molar-refractivity contribution in [3.8, 4) is 28.9 Å². The molecule has 3 aliphatic heterocycles. The average Bonchev–Trinajstić information content (AvgIpc) is 3.45. The average molecular weight is 594 g/mol. The lowest BCUT2D eigenvalue weighted by atomic mass is 9.95. The highest BCUT2D eigenvalue weighted by molar-refractivity contribution is 6.03. The first-order chi connectivity index (χ1) is 20.6. The van der Waals surface area contributed by atoms with E-state index in [1.807, 2.05) is 11.9 Å². The van der Waals surface area contributed by atoms with Crippen LogP contribution in [-0.4, -0.2) is 76.1 Å². The Balaban J connectivity index is 1.43. The van der Waals surface area contributed by atoms with Crippen LogP contribution in [0.3, 0.4) is 0 Å². The van der Waals surface area contributed by atoms with Gasteiger partial charge in [-0.2, -0.15) is 9.97 Å². The molecule has 11 heteroatoms. The van der Waals surface area contributed by atoms with E-state index in [9.17, 15) is 13.9 Å². The van der Waals surface area contributed by atoms with Gasteiger partial charge in [-0.3, -0.25) is 4.90 Å². The van der Waals surface area contributed by atoms with Gasteiger partial charge in [-0.15, -0.1) is 0 Å². The van der Waals surface area contributed by atoms with Gasteiger partial charge in [0.05, 0.1) is 11.6 Å². The van der Waals surface area contributed by atoms with Crippen molar-refractivity contribution in [3.05, 3.63) is 41.5 Å². The number of phenols is 1. The summed E-state index contributed by atoms with van der Waals surface area (Å²) in [6, 6.07) is 5.59. The molecule has 7 rings (SSSR count). The summed E-state index contributed by atoms with van der Waals surface area (Å²) in [5.41, 5.74) is -0.105. The van der Waals surface area contributed by atoms with Crippen molar-refractivity contribution in [1.82, 2.24) is 19.9 Å². The number of hydrogen-bond donors (Lipinski definition) is 1. The summed E-state index contributed by atoms with van der Waals surface area (Å²) >= 11 is 0. The Morgan fingerprint density at radius 3 is 2.77 bits per heavy atom. The Bertz CT molecular complexity index is 1770. The van der Waals surface area contributed by atoms with E-state index in [2.05, 4.69) is 28.7 Å². The molecule has 226 valence electrons. The molecule has 0 spiro atoms. The van der Waals surface area contributed by atoms with E-state index in [0.29, 0.717) is 40.5 Å². The van der Waals surface area contributed by atoms with Crippen molar-refractivity contribution >= 4 is 27.5 Å². The first-order valence-electron chi connectivity index (χ1n) is 14.8. The maximum absolute atomic E-state index is 16.8. The first kappa shape index (κ1) is 27.9. The smallest absolute Gasteiger partial charge is 0.319 e. The number of anilines is 1. The normalized spacial score (nSPS) is 23.7. The van der Waals surface area contributed by atoms with Gasteiger partial charge in [0.15, 0.2) is 5.82 Å². The van der Waals surface area contributed by atoms with E-state index >= 15 is 4.39 Å². The Morgan fingerprint density at radius 2 is 1.98 bits per heavy atom. The van der Waals surface area contributed by atoms with Crippen LogP contribution in [0.1, 0.15) is 38.7 Å². The lowest BCUT2D eigenvalue weighted by molar-refractivity contribution is 0.107. The number of aryl methyl sites for hydroxylation is 1. The predicted molar refractivity (Wildman–Crippen MR) is 158 cm³/mol. The zero-order chi connectivity index (χ0) is 30.2. The van der Waals surface area contributed by atoms with E-state index in [1.165, 1.54) is 24.3 Å². The number of fused-ring (bicyclic) bond motifs is 2. The molecule has 0 unspecified atom stereocenters. The predicted octanol–water partition coefficient (Wildman–Crippen LogP) is 5.95. The van der Waals surface area contributed by atoms with Crippen LogP contribution in [0.4, 0.5) is 19.0 Å². The van der Waals surface area contributed by atoms with E-state index in [4.69, 9.17) is 14.5 Å². The van der Waals surface area contributed by atoms with E-state index in [0.717, 1.165) is 19.4 Å². The highest BCUT2D eigenvalue weighted by Crippen LogP contribution is 2.44. The number of alkyl halides is 1.